The van der Waals surface area contributed by atoms with Gasteiger partial charge in [-0.2, -0.15) is 0 Å². The van der Waals surface area contributed by atoms with Crippen LogP contribution < -0.4 is 0 Å². The maximum Gasteiger partial charge on any atom is 0.321 e. The minimum absolute atomic E-state index is 0.00185. The molecule has 0 unspecified atom stereocenters. The molecule has 0 bridgehead atoms. The summed E-state index contributed by atoms with van der Waals surface area (Å²) in [6.07, 6.45) is 0.00185. The van der Waals surface area contributed by atoms with Crippen molar-refractivity contribution in [2.24, 2.45) is 0 Å². The molecule has 20 heavy (non-hydrogen) atoms. The molecule has 0 saturated carbocycles. The van der Waals surface area contributed by atoms with E-state index in [0.717, 1.165) is 12.1 Å². The molecular weight excluding hydrogens is 264 g/mol. The Morgan fingerprint density at radius 1 is 0.950 bits per heavy atom. The van der Waals surface area contributed by atoms with Crippen LogP contribution in [0.15, 0.2) is 42.5 Å². The SMILES string of the molecule is O=[N+]([O-])c1ccc(O)c([N+](=O)[O-])c1Cc1ccccc1. The Bertz CT molecular complexity index is 670. The molecule has 0 fully saturated rings. The normalized spacial score (nSPS) is 10.2. The highest BCUT2D eigenvalue weighted by Gasteiger charge is 2.28. The molecule has 1 N–H and O–H groups in total. The van der Waals surface area contributed by atoms with Crippen LogP contribution in [0.2, 0.25) is 0 Å². The predicted molar refractivity (Wildman–Crippen MR) is 70.7 cm³/mol. The fourth-order valence-corrected chi connectivity index (χ4v) is 1.96. The van der Waals surface area contributed by atoms with Crippen LogP contribution in [-0.2, 0) is 6.42 Å². The number of nitro groups is 2. The first-order valence-electron chi connectivity index (χ1n) is 5.68. The predicted octanol–water partition coefficient (Wildman–Crippen LogP) is 2.80. The molecule has 0 saturated heterocycles. The van der Waals surface area contributed by atoms with Gasteiger partial charge in [0.2, 0.25) is 0 Å². The summed E-state index contributed by atoms with van der Waals surface area (Å²) in [5.74, 6) is -0.577. The maximum absolute atomic E-state index is 11.0. The minimum atomic E-state index is -0.805. The molecule has 2 aromatic carbocycles. The molecule has 2 rings (SSSR count). The third-order valence-corrected chi connectivity index (χ3v) is 2.84. The van der Waals surface area contributed by atoms with Crippen LogP contribution in [-0.4, -0.2) is 15.0 Å². The second kappa shape index (κ2) is 5.35. The lowest BCUT2D eigenvalue weighted by Crippen LogP contribution is -2.02. The second-order valence-corrected chi connectivity index (χ2v) is 4.11. The molecule has 7 heteroatoms. The molecule has 0 aromatic heterocycles. The Kier molecular flexibility index (Phi) is 3.60. The number of phenols is 1. The highest BCUT2D eigenvalue weighted by atomic mass is 16.6. The van der Waals surface area contributed by atoms with Crippen LogP contribution in [0.1, 0.15) is 11.1 Å². The Labute approximate surface area is 113 Å². The molecule has 0 amide bonds. The zero-order valence-corrected chi connectivity index (χ0v) is 10.2. The third-order valence-electron chi connectivity index (χ3n) is 2.84. The Morgan fingerprint density at radius 2 is 1.60 bits per heavy atom. The molecule has 0 aliphatic heterocycles. The second-order valence-electron chi connectivity index (χ2n) is 4.11. The van der Waals surface area contributed by atoms with Crippen LogP contribution in [0, 0.1) is 20.2 Å². The van der Waals surface area contributed by atoms with Crippen molar-refractivity contribution in [3.63, 3.8) is 0 Å². The number of rotatable bonds is 4. The number of nitrogens with zero attached hydrogens (tertiary/aromatic N) is 2. The number of hydrogen-bond donors (Lipinski definition) is 1. The van der Waals surface area contributed by atoms with Crippen molar-refractivity contribution in [1.82, 2.24) is 0 Å². The molecule has 0 radical (unpaired) electrons. The fourth-order valence-electron chi connectivity index (χ4n) is 1.96. The van der Waals surface area contributed by atoms with Gasteiger partial charge in [-0.05, 0) is 11.6 Å². The molecule has 0 spiro atoms. The largest absolute Gasteiger partial charge is 0.502 e. The summed E-state index contributed by atoms with van der Waals surface area (Å²) < 4.78 is 0. The smallest absolute Gasteiger partial charge is 0.321 e. The van der Waals surface area contributed by atoms with E-state index in [-0.39, 0.29) is 17.7 Å². The van der Waals surface area contributed by atoms with Gasteiger partial charge >= 0.3 is 5.69 Å². The summed E-state index contributed by atoms with van der Waals surface area (Å²) in [4.78, 5) is 20.5. The van der Waals surface area contributed by atoms with Crippen molar-refractivity contribution in [2.45, 2.75) is 6.42 Å². The third kappa shape index (κ3) is 2.56. The summed E-state index contributed by atoms with van der Waals surface area (Å²) in [5, 5.41) is 31.6. The summed E-state index contributed by atoms with van der Waals surface area (Å²) >= 11 is 0. The van der Waals surface area contributed by atoms with E-state index in [4.69, 9.17) is 0 Å². The topological polar surface area (TPSA) is 107 Å². The van der Waals surface area contributed by atoms with Crippen molar-refractivity contribution in [1.29, 1.82) is 0 Å². The number of hydrogen-bond acceptors (Lipinski definition) is 5. The lowest BCUT2D eigenvalue weighted by atomic mass is 10.0. The highest BCUT2D eigenvalue weighted by Crippen LogP contribution is 2.37. The van der Waals surface area contributed by atoms with Gasteiger partial charge in [-0.25, -0.2) is 0 Å². The van der Waals surface area contributed by atoms with Crippen LogP contribution in [0.3, 0.4) is 0 Å². The van der Waals surface area contributed by atoms with E-state index in [0.29, 0.717) is 5.56 Å². The van der Waals surface area contributed by atoms with Crippen molar-refractivity contribution < 1.29 is 15.0 Å². The zero-order chi connectivity index (χ0) is 14.7. The molecule has 0 atom stereocenters. The van der Waals surface area contributed by atoms with Gasteiger partial charge in [0.15, 0.2) is 5.75 Å². The van der Waals surface area contributed by atoms with E-state index >= 15 is 0 Å². The zero-order valence-electron chi connectivity index (χ0n) is 10.2. The Balaban J connectivity index is 2.61. The van der Waals surface area contributed by atoms with Gasteiger partial charge < -0.3 is 5.11 Å². The number of phenolic OH excluding ortho intramolecular Hbond substituents is 1. The quantitative estimate of drug-likeness (QED) is 0.681. The van der Waals surface area contributed by atoms with Crippen molar-refractivity contribution in [3.05, 3.63) is 73.8 Å². The van der Waals surface area contributed by atoms with Gasteiger partial charge in [-0.15, -0.1) is 0 Å². The van der Waals surface area contributed by atoms with E-state index in [1.54, 1.807) is 30.3 Å². The van der Waals surface area contributed by atoms with Gasteiger partial charge in [-0.3, -0.25) is 20.2 Å². The molecule has 102 valence electrons. The standard InChI is InChI=1S/C13H10N2O5/c16-12-7-6-11(14(17)18)10(13(12)15(19)20)8-9-4-2-1-3-5-9/h1-7,16H,8H2. The minimum Gasteiger partial charge on any atom is -0.502 e. The first kappa shape index (κ1) is 13.5. The van der Waals surface area contributed by atoms with E-state index in [9.17, 15) is 25.3 Å². The van der Waals surface area contributed by atoms with Gasteiger partial charge in [-0.1, -0.05) is 30.3 Å². The van der Waals surface area contributed by atoms with E-state index in [2.05, 4.69) is 0 Å². The molecule has 2 aromatic rings. The van der Waals surface area contributed by atoms with Gasteiger partial charge in [0.25, 0.3) is 5.69 Å². The monoisotopic (exact) mass is 274 g/mol. The molecule has 0 heterocycles. The Morgan fingerprint density at radius 3 is 2.15 bits per heavy atom. The van der Waals surface area contributed by atoms with E-state index in [1.807, 2.05) is 0 Å². The number of aromatic hydroxyl groups is 1. The van der Waals surface area contributed by atoms with Crippen molar-refractivity contribution in [2.75, 3.05) is 0 Å². The van der Waals surface area contributed by atoms with Gasteiger partial charge in [0.05, 0.1) is 9.85 Å². The average molecular weight is 274 g/mol. The van der Waals surface area contributed by atoms with Crippen LogP contribution in [0.5, 0.6) is 5.75 Å². The lowest BCUT2D eigenvalue weighted by molar-refractivity contribution is -0.396. The van der Waals surface area contributed by atoms with Crippen molar-refractivity contribution in [3.8, 4) is 5.75 Å². The van der Waals surface area contributed by atoms with Crippen LogP contribution in [0.25, 0.3) is 0 Å². The molecule has 0 aliphatic rings. The summed E-state index contributed by atoms with van der Waals surface area (Å²) in [7, 11) is 0. The van der Waals surface area contributed by atoms with Crippen LogP contribution in [0.4, 0.5) is 11.4 Å². The van der Waals surface area contributed by atoms with E-state index < -0.39 is 21.3 Å². The van der Waals surface area contributed by atoms with Crippen LogP contribution >= 0.6 is 0 Å². The van der Waals surface area contributed by atoms with E-state index in [1.165, 1.54) is 0 Å². The first-order chi connectivity index (χ1) is 9.50. The maximum atomic E-state index is 11.0. The lowest BCUT2D eigenvalue weighted by Gasteiger charge is -2.06. The van der Waals surface area contributed by atoms with Gasteiger partial charge in [0, 0.05) is 12.5 Å². The summed E-state index contributed by atoms with van der Waals surface area (Å²) in [6.45, 7) is 0. The number of nitro benzene ring substituents is 2. The molecule has 0 aliphatic carbocycles. The average Bonchev–Trinajstić information content (AvgIpc) is 2.39. The summed E-state index contributed by atoms with van der Waals surface area (Å²) in [5.41, 5.74) is -0.420. The molecule has 7 nitrogen and oxygen atoms in total. The fraction of sp³-hybridized carbons (Fsp3) is 0.0769. The van der Waals surface area contributed by atoms with Gasteiger partial charge in [0.1, 0.15) is 5.56 Å². The Hall–Kier alpha value is -2.96. The highest BCUT2D eigenvalue weighted by molar-refractivity contribution is 5.62. The first-order valence-corrected chi connectivity index (χ1v) is 5.68. The number of benzene rings is 2. The molecular formula is C13H10N2O5. The summed E-state index contributed by atoms with van der Waals surface area (Å²) in [6, 6.07) is 10.7. The van der Waals surface area contributed by atoms with Crippen molar-refractivity contribution >= 4 is 11.4 Å².